The minimum Gasteiger partial charge on any atom is -0.461 e. The third-order valence-electron chi connectivity index (χ3n) is 5.40. The van der Waals surface area contributed by atoms with Crippen molar-refractivity contribution in [2.45, 2.75) is 37.6 Å². The van der Waals surface area contributed by atoms with E-state index in [1.54, 1.807) is 0 Å². The summed E-state index contributed by atoms with van der Waals surface area (Å²) in [5, 5.41) is 5.85. The van der Waals surface area contributed by atoms with Crippen LogP contribution in [0.4, 0.5) is 5.69 Å². The molecule has 2 aromatic carbocycles. The molecule has 0 spiro atoms. The van der Waals surface area contributed by atoms with E-state index in [2.05, 4.69) is 17.2 Å². The number of anilines is 1. The van der Waals surface area contributed by atoms with Gasteiger partial charge in [-0.05, 0) is 42.5 Å². The van der Waals surface area contributed by atoms with Gasteiger partial charge in [-0.3, -0.25) is 9.80 Å². The lowest BCUT2D eigenvalue weighted by Crippen LogP contribution is -2.39. The standard InChI is InChI=1S/C22H23N3O3/c23-21(26)20-13-19(24-25(20)17-10-2-1-3-11-17)22(27)28-14-16-9-6-8-15-7-4-5-12-18(15)16/h1-5,7,10-12,16,20H,6,8-9,13-14H2,(H2,23,26). The van der Waals surface area contributed by atoms with Gasteiger partial charge in [-0.25, -0.2) is 4.79 Å². The number of para-hydroxylation sites is 1. The molecule has 2 unspecified atom stereocenters. The normalized spacial score (nSPS) is 21.0. The number of carbonyl (C=O) groups is 2. The maximum absolute atomic E-state index is 12.6. The fourth-order valence-electron chi connectivity index (χ4n) is 3.96. The highest BCUT2D eigenvalue weighted by atomic mass is 16.5. The number of hydrazone groups is 1. The molecule has 0 aromatic heterocycles. The fraction of sp³-hybridized carbons (Fsp3) is 0.318. The number of ether oxygens (including phenoxy) is 1. The Bertz CT molecular complexity index is 910. The molecule has 1 aliphatic carbocycles. The van der Waals surface area contributed by atoms with E-state index in [0.717, 1.165) is 24.9 Å². The van der Waals surface area contributed by atoms with Crippen LogP contribution in [0.15, 0.2) is 59.7 Å². The van der Waals surface area contributed by atoms with Gasteiger partial charge in [0.1, 0.15) is 11.8 Å². The number of hydrogen-bond acceptors (Lipinski definition) is 5. The zero-order chi connectivity index (χ0) is 19.5. The summed E-state index contributed by atoms with van der Waals surface area (Å²) in [7, 11) is 0. The van der Waals surface area contributed by atoms with Crippen LogP contribution in [0.5, 0.6) is 0 Å². The van der Waals surface area contributed by atoms with Crippen LogP contribution >= 0.6 is 0 Å². The van der Waals surface area contributed by atoms with Crippen LogP contribution in [0, 0.1) is 0 Å². The van der Waals surface area contributed by atoms with E-state index in [4.69, 9.17) is 10.5 Å². The quantitative estimate of drug-likeness (QED) is 0.812. The first-order valence-electron chi connectivity index (χ1n) is 9.59. The van der Waals surface area contributed by atoms with Crippen LogP contribution in [0.3, 0.4) is 0 Å². The van der Waals surface area contributed by atoms with Crippen LogP contribution < -0.4 is 10.7 Å². The average Bonchev–Trinajstić information content (AvgIpc) is 3.18. The molecule has 144 valence electrons. The number of esters is 1. The summed E-state index contributed by atoms with van der Waals surface area (Å²) in [6.07, 6.45) is 3.31. The van der Waals surface area contributed by atoms with Crippen molar-refractivity contribution >= 4 is 23.3 Å². The Balaban J connectivity index is 1.46. The Kier molecular flexibility index (Phi) is 5.10. The molecule has 2 atom stereocenters. The van der Waals surface area contributed by atoms with Gasteiger partial charge in [0.25, 0.3) is 0 Å². The highest BCUT2D eigenvalue weighted by Crippen LogP contribution is 2.32. The maximum Gasteiger partial charge on any atom is 0.354 e. The average molecular weight is 377 g/mol. The van der Waals surface area contributed by atoms with Crippen molar-refractivity contribution in [3.05, 3.63) is 65.7 Å². The molecule has 6 nitrogen and oxygen atoms in total. The number of fused-ring (bicyclic) bond motifs is 1. The van der Waals surface area contributed by atoms with E-state index in [0.29, 0.717) is 6.61 Å². The summed E-state index contributed by atoms with van der Waals surface area (Å²) >= 11 is 0. The molecule has 2 N–H and O–H groups in total. The predicted octanol–water partition coefficient (Wildman–Crippen LogP) is 2.77. The summed E-state index contributed by atoms with van der Waals surface area (Å²) in [6, 6.07) is 16.9. The Morgan fingerprint density at radius 1 is 1.11 bits per heavy atom. The summed E-state index contributed by atoms with van der Waals surface area (Å²) in [5.74, 6) is -0.794. The molecule has 6 heteroatoms. The topological polar surface area (TPSA) is 85.0 Å². The smallest absolute Gasteiger partial charge is 0.354 e. The van der Waals surface area contributed by atoms with Gasteiger partial charge in [-0.2, -0.15) is 5.10 Å². The number of carbonyl (C=O) groups excluding carboxylic acids is 2. The van der Waals surface area contributed by atoms with Gasteiger partial charge in [-0.15, -0.1) is 0 Å². The molecule has 2 aromatic rings. The third kappa shape index (κ3) is 3.63. The molecule has 1 heterocycles. The van der Waals surface area contributed by atoms with Gasteiger partial charge < -0.3 is 10.5 Å². The summed E-state index contributed by atoms with van der Waals surface area (Å²) in [5.41, 5.74) is 9.07. The molecule has 1 aliphatic heterocycles. The lowest BCUT2D eigenvalue weighted by atomic mass is 9.83. The number of hydrogen-bond donors (Lipinski definition) is 1. The molecular weight excluding hydrogens is 354 g/mol. The van der Waals surface area contributed by atoms with Crippen LogP contribution in [0.1, 0.15) is 36.3 Å². The summed E-state index contributed by atoms with van der Waals surface area (Å²) in [4.78, 5) is 24.5. The second-order valence-electron chi connectivity index (χ2n) is 7.24. The van der Waals surface area contributed by atoms with Crippen LogP contribution in [-0.2, 0) is 20.7 Å². The number of aryl methyl sites for hydroxylation is 1. The van der Waals surface area contributed by atoms with E-state index >= 15 is 0 Å². The molecule has 0 radical (unpaired) electrons. The molecule has 4 rings (SSSR count). The third-order valence-corrected chi connectivity index (χ3v) is 5.40. The zero-order valence-corrected chi connectivity index (χ0v) is 15.6. The predicted molar refractivity (Wildman–Crippen MR) is 107 cm³/mol. The van der Waals surface area contributed by atoms with Crippen molar-refractivity contribution < 1.29 is 14.3 Å². The number of nitrogens with zero attached hydrogens (tertiary/aromatic N) is 2. The highest BCUT2D eigenvalue weighted by molar-refractivity contribution is 6.38. The van der Waals surface area contributed by atoms with E-state index in [-0.39, 0.29) is 18.1 Å². The van der Waals surface area contributed by atoms with Crippen LogP contribution in [0.2, 0.25) is 0 Å². The molecule has 1 amide bonds. The van der Waals surface area contributed by atoms with Gasteiger partial charge in [-0.1, -0.05) is 42.5 Å². The molecule has 0 saturated heterocycles. The van der Waals surface area contributed by atoms with Crippen LogP contribution in [-0.4, -0.2) is 30.2 Å². The second-order valence-corrected chi connectivity index (χ2v) is 7.24. The largest absolute Gasteiger partial charge is 0.461 e. The van der Waals surface area contributed by atoms with Gasteiger partial charge in [0, 0.05) is 12.3 Å². The van der Waals surface area contributed by atoms with E-state index in [1.807, 2.05) is 42.5 Å². The Morgan fingerprint density at radius 3 is 2.64 bits per heavy atom. The van der Waals surface area contributed by atoms with Gasteiger partial charge >= 0.3 is 5.97 Å². The first kappa shape index (κ1) is 18.2. The number of rotatable bonds is 5. The Labute approximate surface area is 164 Å². The van der Waals surface area contributed by atoms with Crippen molar-refractivity contribution in [3.8, 4) is 0 Å². The van der Waals surface area contributed by atoms with Crippen molar-refractivity contribution in [1.82, 2.24) is 0 Å². The molecular formula is C22H23N3O3. The minimum absolute atomic E-state index is 0.157. The highest BCUT2D eigenvalue weighted by Gasteiger charge is 2.36. The lowest BCUT2D eigenvalue weighted by molar-refractivity contribution is -0.136. The number of benzene rings is 2. The number of amides is 1. The summed E-state index contributed by atoms with van der Waals surface area (Å²) < 4.78 is 5.59. The fourth-order valence-corrected chi connectivity index (χ4v) is 3.96. The Morgan fingerprint density at radius 2 is 1.86 bits per heavy atom. The first-order chi connectivity index (χ1) is 13.6. The van der Waals surface area contributed by atoms with Gasteiger partial charge in [0.15, 0.2) is 0 Å². The lowest BCUT2D eigenvalue weighted by Gasteiger charge is -2.25. The van der Waals surface area contributed by atoms with E-state index in [1.165, 1.54) is 16.1 Å². The molecule has 0 saturated carbocycles. The van der Waals surface area contributed by atoms with Crippen LogP contribution in [0.25, 0.3) is 0 Å². The maximum atomic E-state index is 12.6. The van der Waals surface area contributed by atoms with E-state index in [9.17, 15) is 9.59 Å². The molecule has 0 fully saturated rings. The monoisotopic (exact) mass is 377 g/mol. The SMILES string of the molecule is NC(=O)C1CC(C(=O)OCC2CCCc3ccccc32)=NN1c1ccccc1. The minimum atomic E-state index is -0.680. The number of nitrogens with two attached hydrogens (primary N) is 1. The van der Waals surface area contributed by atoms with Gasteiger partial charge in [0.05, 0.1) is 12.3 Å². The summed E-state index contributed by atoms with van der Waals surface area (Å²) in [6.45, 7) is 0.321. The Hall–Kier alpha value is -3.15. The first-order valence-corrected chi connectivity index (χ1v) is 9.59. The van der Waals surface area contributed by atoms with Crippen molar-refractivity contribution in [2.24, 2.45) is 10.8 Å². The second kappa shape index (κ2) is 7.84. The molecule has 28 heavy (non-hydrogen) atoms. The van der Waals surface area contributed by atoms with Crippen molar-refractivity contribution in [3.63, 3.8) is 0 Å². The molecule has 0 bridgehead atoms. The van der Waals surface area contributed by atoms with Crippen molar-refractivity contribution in [1.29, 1.82) is 0 Å². The molecule has 2 aliphatic rings. The van der Waals surface area contributed by atoms with E-state index < -0.39 is 17.9 Å². The van der Waals surface area contributed by atoms with Crippen molar-refractivity contribution in [2.75, 3.05) is 11.6 Å². The zero-order valence-electron chi connectivity index (χ0n) is 15.6. The number of primary amides is 1. The van der Waals surface area contributed by atoms with Gasteiger partial charge in [0.2, 0.25) is 5.91 Å².